The van der Waals surface area contributed by atoms with Crippen molar-refractivity contribution < 1.29 is 13.2 Å². The van der Waals surface area contributed by atoms with Crippen LogP contribution in [0.5, 0.6) is 0 Å². The highest BCUT2D eigenvalue weighted by Crippen LogP contribution is 2.34. The summed E-state index contributed by atoms with van der Waals surface area (Å²) >= 11 is 0. The fourth-order valence-corrected chi connectivity index (χ4v) is 1.71. The molecule has 0 radical (unpaired) electrons. The molecule has 0 saturated heterocycles. The topological polar surface area (TPSA) is 15.3 Å². The molecule has 1 N–H and O–H groups in total. The van der Waals surface area contributed by atoms with E-state index in [9.17, 15) is 13.2 Å². The van der Waals surface area contributed by atoms with Gasteiger partial charge in [-0.1, -0.05) is 12.1 Å². The molecule has 1 aromatic rings. The fourth-order valence-electron chi connectivity index (χ4n) is 1.71. The average molecular weight is 246 g/mol. The van der Waals surface area contributed by atoms with Crippen molar-refractivity contribution >= 4 is 5.69 Å². The fraction of sp³-hybridized carbons (Fsp3) is 0.500. The van der Waals surface area contributed by atoms with Gasteiger partial charge < -0.3 is 10.2 Å². The highest BCUT2D eigenvalue weighted by atomic mass is 19.4. The number of likely N-dealkylation sites (N-methyl/N-ethyl adjacent to an activating group) is 1. The zero-order chi connectivity index (χ0) is 13.1. The summed E-state index contributed by atoms with van der Waals surface area (Å²) in [6, 6.07) is 5.48. The van der Waals surface area contributed by atoms with Gasteiger partial charge >= 0.3 is 6.18 Å². The predicted octanol–water partition coefficient (Wildman–Crippen LogP) is 3.07. The zero-order valence-electron chi connectivity index (χ0n) is 10.2. The van der Waals surface area contributed by atoms with E-state index in [1.165, 1.54) is 12.1 Å². The van der Waals surface area contributed by atoms with Crippen LogP contribution >= 0.6 is 0 Å². The molecule has 5 heteroatoms. The summed E-state index contributed by atoms with van der Waals surface area (Å²) in [6.07, 6.45) is -4.32. The molecule has 0 bridgehead atoms. The van der Waals surface area contributed by atoms with Crippen LogP contribution in [0.4, 0.5) is 18.9 Å². The molecule has 0 spiro atoms. The minimum absolute atomic E-state index is 0.0477. The van der Waals surface area contributed by atoms with Crippen molar-refractivity contribution in [3.05, 3.63) is 29.8 Å². The molecule has 0 aliphatic heterocycles. The molecule has 0 aromatic heterocycles. The van der Waals surface area contributed by atoms with Crippen molar-refractivity contribution in [1.29, 1.82) is 0 Å². The number of alkyl halides is 3. The molecule has 1 rings (SSSR count). The van der Waals surface area contributed by atoms with E-state index >= 15 is 0 Å². The molecule has 0 aliphatic rings. The maximum absolute atomic E-state index is 12.7. The number of hydrogen-bond acceptors (Lipinski definition) is 2. The molecule has 1 aromatic carbocycles. The lowest BCUT2D eigenvalue weighted by atomic mass is 10.1. The van der Waals surface area contributed by atoms with E-state index < -0.39 is 11.7 Å². The maximum atomic E-state index is 12.7. The second-order valence-electron chi connectivity index (χ2n) is 4.35. The van der Waals surface area contributed by atoms with Crippen molar-refractivity contribution in [1.82, 2.24) is 4.90 Å². The number of nitrogens with zero attached hydrogens (tertiary/aromatic N) is 1. The number of para-hydroxylation sites is 1. The van der Waals surface area contributed by atoms with E-state index in [1.54, 1.807) is 6.07 Å². The quantitative estimate of drug-likeness (QED) is 0.878. The monoisotopic (exact) mass is 246 g/mol. The summed E-state index contributed by atoms with van der Waals surface area (Å²) in [6.45, 7) is 2.53. The van der Waals surface area contributed by atoms with E-state index in [-0.39, 0.29) is 11.7 Å². The van der Waals surface area contributed by atoms with E-state index in [2.05, 4.69) is 5.32 Å². The Balaban J connectivity index is 2.84. The Hall–Kier alpha value is -1.23. The van der Waals surface area contributed by atoms with Gasteiger partial charge in [-0.2, -0.15) is 13.2 Å². The first-order chi connectivity index (χ1) is 7.80. The molecular weight excluding hydrogens is 229 g/mol. The van der Waals surface area contributed by atoms with E-state index in [0.29, 0.717) is 6.54 Å². The van der Waals surface area contributed by atoms with Gasteiger partial charge in [0.25, 0.3) is 0 Å². The van der Waals surface area contributed by atoms with Gasteiger partial charge in [-0.3, -0.25) is 0 Å². The normalized spacial score (nSPS) is 13.8. The van der Waals surface area contributed by atoms with Crippen LogP contribution in [0, 0.1) is 0 Å². The maximum Gasteiger partial charge on any atom is 0.418 e. The van der Waals surface area contributed by atoms with Gasteiger partial charge in [0.05, 0.1) is 5.56 Å². The molecule has 1 unspecified atom stereocenters. The molecule has 1 atom stereocenters. The summed E-state index contributed by atoms with van der Waals surface area (Å²) < 4.78 is 38.1. The van der Waals surface area contributed by atoms with Crippen LogP contribution in [-0.4, -0.2) is 31.6 Å². The summed E-state index contributed by atoms with van der Waals surface area (Å²) in [5.74, 6) is 0. The second kappa shape index (κ2) is 5.40. The van der Waals surface area contributed by atoms with Crippen molar-refractivity contribution in [2.75, 3.05) is 26.0 Å². The molecule has 2 nitrogen and oxygen atoms in total. The Labute approximate surface area is 99.4 Å². The lowest BCUT2D eigenvalue weighted by Gasteiger charge is -2.21. The molecule has 0 amide bonds. The Bertz CT molecular complexity index is 361. The number of benzene rings is 1. The van der Waals surface area contributed by atoms with Gasteiger partial charge in [-0.15, -0.1) is 0 Å². The van der Waals surface area contributed by atoms with Crippen LogP contribution in [0.3, 0.4) is 0 Å². The van der Waals surface area contributed by atoms with E-state index in [4.69, 9.17) is 0 Å². The van der Waals surface area contributed by atoms with Crippen LogP contribution < -0.4 is 5.32 Å². The molecule has 17 heavy (non-hydrogen) atoms. The Kier molecular flexibility index (Phi) is 4.40. The Morgan fingerprint density at radius 3 is 2.35 bits per heavy atom. The van der Waals surface area contributed by atoms with Gasteiger partial charge in [-0.25, -0.2) is 0 Å². The smallest absolute Gasteiger partial charge is 0.381 e. The number of rotatable bonds is 4. The van der Waals surface area contributed by atoms with Gasteiger partial charge in [0.1, 0.15) is 0 Å². The molecule has 0 saturated carbocycles. The molecule has 0 fully saturated rings. The first kappa shape index (κ1) is 13.8. The SMILES string of the molecule is CC(CN(C)C)Nc1ccccc1C(F)(F)F. The Morgan fingerprint density at radius 1 is 1.24 bits per heavy atom. The van der Waals surface area contributed by atoms with Gasteiger partial charge in [0.2, 0.25) is 0 Å². The first-order valence-corrected chi connectivity index (χ1v) is 5.38. The standard InChI is InChI=1S/C12H17F3N2/c1-9(8-17(2)3)16-11-7-5-4-6-10(11)12(13,14)15/h4-7,9,16H,8H2,1-3H3. The number of halogens is 3. The van der Waals surface area contributed by atoms with Crippen LogP contribution in [-0.2, 0) is 6.18 Å². The van der Waals surface area contributed by atoms with Crippen LogP contribution in [0.1, 0.15) is 12.5 Å². The first-order valence-electron chi connectivity index (χ1n) is 5.38. The lowest BCUT2D eigenvalue weighted by Crippen LogP contribution is -2.30. The van der Waals surface area contributed by atoms with Crippen molar-refractivity contribution in [2.24, 2.45) is 0 Å². The minimum Gasteiger partial charge on any atom is -0.381 e. The van der Waals surface area contributed by atoms with Gasteiger partial charge in [0, 0.05) is 18.3 Å². The van der Waals surface area contributed by atoms with Crippen molar-refractivity contribution in [3.8, 4) is 0 Å². The van der Waals surface area contributed by atoms with E-state index in [0.717, 1.165) is 6.07 Å². The molecule has 96 valence electrons. The van der Waals surface area contributed by atoms with Gasteiger partial charge in [-0.05, 0) is 33.2 Å². The van der Waals surface area contributed by atoms with Crippen LogP contribution in [0.2, 0.25) is 0 Å². The van der Waals surface area contributed by atoms with Crippen LogP contribution in [0.25, 0.3) is 0 Å². The predicted molar refractivity (Wildman–Crippen MR) is 63.1 cm³/mol. The minimum atomic E-state index is -4.32. The molecule has 0 aliphatic carbocycles. The Morgan fingerprint density at radius 2 is 1.82 bits per heavy atom. The lowest BCUT2D eigenvalue weighted by molar-refractivity contribution is -0.137. The summed E-state index contributed by atoms with van der Waals surface area (Å²) in [5, 5.41) is 2.89. The largest absolute Gasteiger partial charge is 0.418 e. The highest BCUT2D eigenvalue weighted by molar-refractivity contribution is 5.53. The highest BCUT2D eigenvalue weighted by Gasteiger charge is 2.33. The number of nitrogens with one attached hydrogen (secondary N) is 1. The summed E-state index contributed by atoms with van der Waals surface area (Å²) in [5.41, 5.74) is -0.486. The third-order valence-corrected chi connectivity index (χ3v) is 2.27. The summed E-state index contributed by atoms with van der Waals surface area (Å²) in [4.78, 5) is 1.92. The molecular formula is C12H17F3N2. The third-order valence-electron chi connectivity index (χ3n) is 2.27. The third kappa shape index (κ3) is 4.26. The molecule has 0 heterocycles. The van der Waals surface area contributed by atoms with Gasteiger partial charge in [0.15, 0.2) is 0 Å². The summed E-state index contributed by atoms with van der Waals surface area (Å²) in [7, 11) is 3.77. The second-order valence-corrected chi connectivity index (χ2v) is 4.35. The van der Waals surface area contributed by atoms with Crippen molar-refractivity contribution in [3.63, 3.8) is 0 Å². The number of anilines is 1. The van der Waals surface area contributed by atoms with Crippen molar-refractivity contribution in [2.45, 2.75) is 19.1 Å². The average Bonchev–Trinajstić information content (AvgIpc) is 2.15. The van der Waals surface area contributed by atoms with Crippen LogP contribution in [0.15, 0.2) is 24.3 Å². The zero-order valence-corrected chi connectivity index (χ0v) is 10.2. The number of hydrogen-bond donors (Lipinski definition) is 1. The van der Waals surface area contributed by atoms with E-state index in [1.807, 2.05) is 25.9 Å².